The fourth-order valence-electron chi connectivity index (χ4n) is 2.70. The first-order valence-corrected chi connectivity index (χ1v) is 8.81. The van der Waals surface area contributed by atoms with E-state index in [4.69, 9.17) is 9.15 Å². The molecular formula is C21H18N2O6. The van der Waals surface area contributed by atoms with Gasteiger partial charge < -0.3 is 9.15 Å². The monoisotopic (exact) mass is 394 g/mol. The standard InChI is InChI=1S/C21H18N2O6/c1-3-11-23-19(25)16(18(24)22-21(23)27)12-15-9-10-17(29-15)13-5-7-14(8-6-13)20(26)28-4-2/h3,5-10,12H,1,4,11H2,2H3,(H,22,24,27)/b16-12+. The third-order valence-electron chi connectivity index (χ3n) is 4.09. The molecule has 0 radical (unpaired) electrons. The number of rotatable bonds is 6. The number of hydrogen-bond acceptors (Lipinski definition) is 6. The summed E-state index contributed by atoms with van der Waals surface area (Å²) in [6, 6.07) is 9.10. The van der Waals surface area contributed by atoms with Crippen LogP contribution in [0.3, 0.4) is 0 Å². The van der Waals surface area contributed by atoms with Gasteiger partial charge in [-0.15, -0.1) is 6.58 Å². The summed E-state index contributed by atoms with van der Waals surface area (Å²) >= 11 is 0. The van der Waals surface area contributed by atoms with Gasteiger partial charge in [-0.05, 0) is 37.3 Å². The van der Waals surface area contributed by atoms with Gasteiger partial charge in [0.25, 0.3) is 11.8 Å². The minimum atomic E-state index is -0.794. The van der Waals surface area contributed by atoms with Crippen LogP contribution in [-0.2, 0) is 14.3 Å². The van der Waals surface area contributed by atoms with Crippen molar-refractivity contribution in [2.75, 3.05) is 13.2 Å². The van der Waals surface area contributed by atoms with Crippen LogP contribution in [0.25, 0.3) is 17.4 Å². The van der Waals surface area contributed by atoms with E-state index in [0.717, 1.165) is 4.90 Å². The Morgan fingerprint density at radius 2 is 1.90 bits per heavy atom. The molecule has 1 N–H and O–H groups in total. The molecule has 1 aromatic carbocycles. The van der Waals surface area contributed by atoms with E-state index in [9.17, 15) is 19.2 Å². The minimum absolute atomic E-state index is 0.0223. The SMILES string of the molecule is C=CCN1C(=O)NC(=O)/C(=C\c2ccc(-c3ccc(C(=O)OCC)cc3)o2)C1=O. The summed E-state index contributed by atoms with van der Waals surface area (Å²) in [5, 5.41) is 2.11. The Balaban J connectivity index is 1.83. The second-order valence-corrected chi connectivity index (χ2v) is 6.02. The molecule has 1 fully saturated rings. The summed E-state index contributed by atoms with van der Waals surface area (Å²) < 4.78 is 10.6. The number of amides is 4. The third-order valence-corrected chi connectivity index (χ3v) is 4.09. The minimum Gasteiger partial charge on any atom is -0.462 e. The number of carbonyl (C=O) groups is 4. The molecule has 2 heterocycles. The van der Waals surface area contributed by atoms with E-state index in [1.165, 1.54) is 12.2 Å². The average molecular weight is 394 g/mol. The topological polar surface area (TPSA) is 106 Å². The molecule has 1 saturated heterocycles. The van der Waals surface area contributed by atoms with Crippen molar-refractivity contribution in [3.8, 4) is 11.3 Å². The van der Waals surface area contributed by atoms with Gasteiger partial charge in [0.1, 0.15) is 17.1 Å². The summed E-state index contributed by atoms with van der Waals surface area (Å²) in [6.07, 6.45) is 2.66. The van der Waals surface area contributed by atoms with E-state index in [1.54, 1.807) is 43.3 Å². The zero-order chi connectivity index (χ0) is 21.0. The van der Waals surface area contributed by atoms with E-state index < -0.39 is 23.8 Å². The van der Waals surface area contributed by atoms with Gasteiger partial charge in [-0.2, -0.15) is 0 Å². The van der Waals surface area contributed by atoms with E-state index >= 15 is 0 Å². The van der Waals surface area contributed by atoms with Gasteiger partial charge in [-0.25, -0.2) is 9.59 Å². The Bertz CT molecular complexity index is 1020. The van der Waals surface area contributed by atoms with Crippen LogP contribution in [0.2, 0.25) is 0 Å². The highest BCUT2D eigenvalue weighted by atomic mass is 16.5. The number of benzene rings is 1. The molecule has 29 heavy (non-hydrogen) atoms. The Kier molecular flexibility index (Phi) is 5.73. The molecule has 0 bridgehead atoms. The molecule has 0 spiro atoms. The molecule has 8 heteroatoms. The lowest BCUT2D eigenvalue weighted by atomic mass is 10.1. The second-order valence-electron chi connectivity index (χ2n) is 6.02. The molecule has 0 aliphatic carbocycles. The van der Waals surface area contributed by atoms with Gasteiger partial charge in [0, 0.05) is 12.1 Å². The van der Waals surface area contributed by atoms with Gasteiger partial charge in [0.05, 0.1) is 12.2 Å². The van der Waals surface area contributed by atoms with E-state index in [1.807, 2.05) is 0 Å². The first-order valence-electron chi connectivity index (χ1n) is 8.81. The van der Waals surface area contributed by atoms with Crippen LogP contribution >= 0.6 is 0 Å². The van der Waals surface area contributed by atoms with Crippen LogP contribution in [0.15, 0.2) is 59.0 Å². The normalized spacial score (nSPS) is 15.4. The third kappa shape index (κ3) is 4.16. The molecule has 8 nitrogen and oxygen atoms in total. The summed E-state index contributed by atoms with van der Waals surface area (Å²) in [5.74, 6) is -1.19. The molecule has 148 valence electrons. The zero-order valence-corrected chi connectivity index (χ0v) is 15.6. The van der Waals surface area contributed by atoms with Crippen molar-refractivity contribution in [1.29, 1.82) is 0 Å². The number of nitrogens with zero attached hydrogens (tertiary/aromatic N) is 1. The van der Waals surface area contributed by atoms with E-state index in [2.05, 4.69) is 11.9 Å². The highest BCUT2D eigenvalue weighted by Crippen LogP contribution is 2.25. The Labute approximate surface area is 166 Å². The molecule has 0 atom stereocenters. The maximum atomic E-state index is 12.4. The van der Waals surface area contributed by atoms with Gasteiger partial charge in [0.15, 0.2) is 0 Å². The van der Waals surface area contributed by atoms with Crippen LogP contribution in [-0.4, -0.2) is 41.9 Å². The molecule has 0 unspecified atom stereocenters. The first kappa shape index (κ1) is 19.8. The van der Waals surface area contributed by atoms with E-state index in [0.29, 0.717) is 23.5 Å². The summed E-state index contributed by atoms with van der Waals surface area (Å²) in [5.41, 5.74) is 0.900. The molecule has 2 aromatic rings. The molecule has 4 amide bonds. The number of carbonyl (C=O) groups excluding carboxylic acids is 4. The van der Waals surface area contributed by atoms with E-state index in [-0.39, 0.29) is 17.9 Å². The quantitative estimate of drug-likeness (QED) is 0.350. The molecule has 1 aromatic heterocycles. The average Bonchev–Trinajstić information content (AvgIpc) is 3.17. The van der Waals surface area contributed by atoms with Gasteiger partial charge in [-0.3, -0.25) is 19.8 Å². The van der Waals surface area contributed by atoms with Crippen molar-refractivity contribution in [2.45, 2.75) is 6.92 Å². The van der Waals surface area contributed by atoms with Crippen molar-refractivity contribution >= 4 is 29.9 Å². The van der Waals surface area contributed by atoms with Gasteiger partial charge in [0.2, 0.25) is 0 Å². The number of esters is 1. The number of imide groups is 2. The van der Waals surface area contributed by atoms with Crippen LogP contribution in [0.4, 0.5) is 4.79 Å². The first-order chi connectivity index (χ1) is 13.9. The number of barbiturate groups is 1. The highest BCUT2D eigenvalue weighted by Gasteiger charge is 2.35. The lowest BCUT2D eigenvalue weighted by Gasteiger charge is -2.24. The lowest BCUT2D eigenvalue weighted by Crippen LogP contribution is -2.54. The van der Waals surface area contributed by atoms with Crippen LogP contribution in [0.1, 0.15) is 23.0 Å². The fourth-order valence-corrected chi connectivity index (χ4v) is 2.70. The smallest absolute Gasteiger partial charge is 0.338 e. The number of hydrogen-bond donors (Lipinski definition) is 1. The van der Waals surface area contributed by atoms with Crippen molar-refractivity contribution in [1.82, 2.24) is 10.2 Å². The number of urea groups is 1. The Hall–Kier alpha value is -3.94. The molecule has 1 aliphatic heterocycles. The van der Waals surface area contributed by atoms with Gasteiger partial charge >= 0.3 is 12.0 Å². The van der Waals surface area contributed by atoms with Crippen LogP contribution in [0, 0.1) is 0 Å². The lowest BCUT2D eigenvalue weighted by molar-refractivity contribution is -0.129. The van der Waals surface area contributed by atoms with Crippen molar-refractivity contribution in [2.24, 2.45) is 0 Å². The zero-order valence-electron chi connectivity index (χ0n) is 15.6. The maximum absolute atomic E-state index is 12.4. The van der Waals surface area contributed by atoms with Crippen molar-refractivity contribution < 1.29 is 28.3 Å². The summed E-state index contributed by atoms with van der Waals surface area (Å²) in [7, 11) is 0. The van der Waals surface area contributed by atoms with Crippen molar-refractivity contribution in [3.05, 3.63) is 65.9 Å². The predicted octanol–water partition coefficient (Wildman–Crippen LogP) is 2.77. The molecule has 1 aliphatic rings. The summed E-state index contributed by atoms with van der Waals surface area (Å²) in [4.78, 5) is 48.8. The largest absolute Gasteiger partial charge is 0.462 e. The van der Waals surface area contributed by atoms with Crippen molar-refractivity contribution in [3.63, 3.8) is 0 Å². The van der Waals surface area contributed by atoms with Crippen LogP contribution in [0.5, 0.6) is 0 Å². The second kappa shape index (κ2) is 8.39. The number of ether oxygens (including phenoxy) is 1. The number of furan rings is 1. The van der Waals surface area contributed by atoms with Crippen LogP contribution < -0.4 is 5.32 Å². The fraction of sp³-hybridized carbons (Fsp3) is 0.143. The predicted molar refractivity (Wildman–Crippen MR) is 104 cm³/mol. The summed E-state index contributed by atoms with van der Waals surface area (Å²) in [6.45, 7) is 5.49. The van der Waals surface area contributed by atoms with Gasteiger partial charge in [-0.1, -0.05) is 18.2 Å². The maximum Gasteiger partial charge on any atom is 0.338 e. The molecule has 0 saturated carbocycles. The highest BCUT2D eigenvalue weighted by molar-refractivity contribution is 6.30. The Morgan fingerprint density at radius 1 is 1.17 bits per heavy atom. The molecule has 3 rings (SSSR count). The Morgan fingerprint density at radius 3 is 2.55 bits per heavy atom. The number of nitrogens with one attached hydrogen (secondary N) is 1. The molecular weight excluding hydrogens is 376 g/mol.